The zero-order chi connectivity index (χ0) is 11.6. The smallest absolute Gasteiger partial charge is 0.245 e. The number of aromatic nitrogens is 3. The number of hydrogen-bond acceptors (Lipinski definition) is 5. The van der Waals surface area contributed by atoms with Gasteiger partial charge in [0.05, 0.1) is 5.75 Å². The van der Waals surface area contributed by atoms with Crippen molar-refractivity contribution >= 4 is 15.8 Å². The first-order valence-corrected chi connectivity index (χ1v) is 6.18. The molecule has 0 spiro atoms. The predicted molar refractivity (Wildman–Crippen MR) is 58.1 cm³/mol. The lowest BCUT2D eigenvalue weighted by molar-refractivity contribution is 0.587. The van der Waals surface area contributed by atoms with E-state index in [4.69, 9.17) is 5.73 Å². The predicted octanol–water partition coefficient (Wildman–Crippen LogP) is 0.361. The molecule has 0 saturated carbocycles. The fourth-order valence-corrected chi connectivity index (χ4v) is 2.45. The third-order valence-electron chi connectivity index (χ3n) is 1.98. The van der Waals surface area contributed by atoms with Gasteiger partial charge >= 0.3 is 0 Å². The standard InChI is InChI=1S/C9H10N4O2S/c10-8-11-9(13-12-8)16(14,15)6-7-4-2-1-3-5-7/h1-5H,6H2,(H3,10,11,12,13). The third kappa shape index (κ3) is 2.19. The maximum atomic E-state index is 11.8. The van der Waals surface area contributed by atoms with Gasteiger partial charge in [0.25, 0.3) is 0 Å². The first-order valence-electron chi connectivity index (χ1n) is 4.52. The van der Waals surface area contributed by atoms with Crippen molar-refractivity contribution in [2.45, 2.75) is 10.9 Å². The average molecular weight is 238 g/mol. The largest absolute Gasteiger partial charge is 0.366 e. The average Bonchev–Trinajstić information content (AvgIpc) is 2.66. The summed E-state index contributed by atoms with van der Waals surface area (Å²) in [6.45, 7) is 0. The Morgan fingerprint density at radius 2 is 1.94 bits per heavy atom. The number of nitrogen functional groups attached to an aromatic ring is 1. The molecule has 84 valence electrons. The van der Waals surface area contributed by atoms with Crippen LogP contribution >= 0.6 is 0 Å². The maximum Gasteiger partial charge on any atom is 0.245 e. The molecule has 1 aromatic carbocycles. The number of aromatic amines is 1. The minimum Gasteiger partial charge on any atom is -0.366 e. The molecule has 0 fully saturated rings. The van der Waals surface area contributed by atoms with Crippen molar-refractivity contribution in [3.8, 4) is 0 Å². The second-order valence-corrected chi connectivity index (χ2v) is 5.15. The molecule has 1 heterocycles. The monoisotopic (exact) mass is 238 g/mol. The van der Waals surface area contributed by atoms with Crippen molar-refractivity contribution in [2.24, 2.45) is 0 Å². The molecular formula is C9H10N4O2S. The van der Waals surface area contributed by atoms with Crippen molar-refractivity contribution in [1.82, 2.24) is 15.2 Å². The highest BCUT2D eigenvalue weighted by Gasteiger charge is 2.19. The summed E-state index contributed by atoms with van der Waals surface area (Å²) in [5, 5.41) is 5.58. The fraction of sp³-hybridized carbons (Fsp3) is 0.111. The van der Waals surface area contributed by atoms with E-state index < -0.39 is 9.84 Å². The van der Waals surface area contributed by atoms with E-state index in [0.717, 1.165) is 0 Å². The Hall–Kier alpha value is -1.89. The molecule has 0 radical (unpaired) electrons. The fourth-order valence-electron chi connectivity index (χ4n) is 1.26. The van der Waals surface area contributed by atoms with E-state index in [1.54, 1.807) is 24.3 Å². The van der Waals surface area contributed by atoms with E-state index in [9.17, 15) is 8.42 Å². The molecule has 3 N–H and O–H groups in total. The van der Waals surface area contributed by atoms with Crippen LogP contribution in [0.3, 0.4) is 0 Å². The summed E-state index contributed by atoms with van der Waals surface area (Å²) in [5.41, 5.74) is 5.94. The molecule has 2 aromatic rings. The van der Waals surface area contributed by atoms with Gasteiger partial charge in [-0.1, -0.05) is 30.3 Å². The van der Waals surface area contributed by atoms with Crippen molar-refractivity contribution in [3.05, 3.63) is 35.9 Å². The van der Waals surface area contributed by atoms with E-state index >= 15 is 0 Å². The molecule has 0 atom stereocenters. The van der Waals surface area contributed by atoms with Gasteiger partial charge in [-0.05, 0) is 5.56 Å². The van der Waals surface area contributed by atoms with Gasteiger partial charge in [0.1, 0.15) is 0 Å². The molecule has 0 amide bonds. The molecule has 0 aliphatic rings. The van der Waals surface area contributed by atoms with Gasteiger partial charge in [0.2, 0.25) is 20.9 Å². The molecule has 7 heteroatoms. The van der Waals surface area contributed by atoms with Crippen molar-refractivity contribution in [2.75, 3.05) is 5.73 Å². The van der Waals surface area contributed by atoms with Gasteiger partial charge in [0, 0.05) is 0 Å². The molecule has 2 rings (SSSR count). The van der Waals surface area contributed by atoms with Gasteiger partial charge in [-0.25, -0.2) is 13.5 Å². The minimum absolute atomic E-state index is 0.0772. The Morgan fingerprint density at radius 3 is 2.50 bits per heavy atom. The highest BCUT2D eigenvalue weighted by Crippen LogP contribution is 2.12. The molecule has 0 aliphatic heterocycles. The molecule has 0 saturated heterocycles. The zero-order valence-electron chi connectivity index (χ0n) is 8.29. The maximum absolute atomic E-state index is 11.8. The highest BCUT2D eigenvalue weighted by molar-refractivity contribution is 7.90. The number of nitrogens with two attached hydrogens (primary N) is 1. The first-order chi connectivity index (χ1) is 7.58. The van der Waals surface area contributed by atoms with Crippen LogP contribution in [0.2, 0.25) is 0 Å². The van der Waals surface area contributed by atoms with E-state index in [0.29, 0.717) is 5.56 Å². The Labute approximate surface area is 92.4 Å². The summed E-state index contributed by atoms with van der Waals surface area (Å²) in [7, 11) is -3.50. The van der Waals surface area contributed by atoms with E-state index in [2.05, 4.69) is 15.2 Å². The molecule has 0 bridgehead atoms. The SMILES string of the molecule is Nc1n[nH]c(S(=O)(=O)Cc2ccccc2)n1. The Bertz CT molecular complexity index is 577. The van der Waals surface area contributed by atoms with E-state index in [1.807, 2.05) is 6.07 Å². The third-order valence-corrected chi connectivity index (χ3v) is 3.46. The topological polar surface area (TPSA) is 102 Å². The van der Waals surface area contributed by atoms with E-state index in [1.165, 1.54) is 0 Å². The van der Waals surface area contributed by atoms with Crippen LogP contribution in [0.4, 0.5) is 5.95 Å². The van der Waals surface area contributed by atoms with Crippen LogP contribution in [0, 0.1) is 0 Å². The van der Waals surface area contributed by atoms with Gasteiger partial charge < -0.3 is 5.73 Å². The molecule has 0 aliphatic carbocycles. The number of nitrogens with zero attached hydrogens (tertiary/aromatic N) is 2. The van der Waals surface area contributed by atoms with Crippen LogP contribution in [0.25, 0.3) is 0 Å². The molecule has 6 nitrogen and oxygen atoms in total. The van der Waals surface area contributed by atoms with E-state index in [-0.39, 0.29) is 16.9 Å². The quantitative estimate of drug-likeness (QED) is 0.803. The lowest BCUT2D eigenvalue weighted by Crippen LogP contribution is -2.07. The number of benzene rings is 1. The lowest BCUT2D eigenvalue weighted by Gasteiger charge is -1.99. The molecular weight excluding hydrogens is 228 g/mol. The van der Waals surface area contributed by atoms with Gasteiger partial charge in [-0.15, -0.1) is 5.10 Å². The number of rotatable bonds is 3. The summed E-state index contributed by atoms with van der Waals surface area (Å²) >= 11 is 0. The van der Waals surface area contributed by atoms with Crippen LogP contribution in [0.1, 0.15) is 5.56 Å². The van der Waals surface area contributed by atoms with Crippen LogP contribution in [-0.2, 0) is 15.6 Å². The summed E-state index contributed by atoms with van der Waals surface area (Å²) in [4.78, 5) is 3.60. The zero-order valence-corrected chi connectivity index (χ0v) is 9.11. The van der Waals surface area contributed by atoms with Gasteiger partial charge in [-0.2, -0.15) is 4.98 Å². The molecule has 16 heavy (non-hydrogen) atoms. The Kier molecular flexibility index (Phi) is 2.61. The van der Waals surface area contributed by atoms with Crippen molar-refractivity contribution in [1.29, 1.82) is 0 Å². The van der Waals surface area contributed by atoms with Crippen molar-refractivity contribution < 1.29 is 8.42 Å². The lowest BCUT2D eigenvalue weighted by atomic mass is 10.2. The van der Waals surface area contributed by atoms with Gasteiger partial charge in [0.15, 0.2) is 0 Å². The van der Waals surface area contributed by atoms with Crippen LogP contribution < -0.4 is 5.73 Å². The molecule has 1 aromatic heterocycles. The highest BCUT2D eigenvalue weighted by atomic mass is 32.2. The normalized spacial score (nSPS) is 11.5. The molecule has 0 unspecified atom stereocenters. The number of nitrogens with one attached hydrogen (secondary N) is 1. The number of H-pyrrole nitrogens is 1. The number of sulfone groups is 1. The van der Waals surface area contributed by atoms with Gasteiger partial charge in [-0.3, -0.25) is 0 Å². The van der Waals surface area contributed by atoms with Crippen LogP contribution in [0.5, 0.6) is 0 Å². The van der Waals surface area contributed by atoms with Crippen LogP contribution in [0.15, 0.2) is 35.5 Å². The summed E-state index contributed by atoms with van der Waals surface area (Å²) in [6, 6.07) is 8.84. The summed E-state index contributed by atoms with van der Waals surface area (Å²) in [6.07, 6.45) is 0. The number of anilines is 1. The Balaban J connectivity index is 2.28. The first kappa shape index (κ1) is 10.6. The van der Waals surface area contributed by atoms with Crippen molar-refractivity contribution in [3.63, 3.8) is 0 Å². The number of hydrogen-bond donors (Lipinski definition) is 2. The minimum atomic E-state index is -3.50. The second kappa shape index (κ2) is 3.93. The summed E-state index contributed by atoms with van der Waals surface area (Å²) in [5.74, 6) is -0.200. The summed E-state index contributed by atoms with van der Waals surface area (Å²) < 4.78 is 23.7. The van der Waals surface area contributed by atoms with Crippen LogP contribution in [-0.4, -0.2) is 23.6 Å². The second-order valence-electron chi connectivity index (χ2n) is 3.24. The Morgan fingerprint density at radius 1 is 1.25 bits per heavy atom.